The van der Waals surface area contributed by atoms with Gasteiger partial charge in [-0.05, 0) is 72.2 Å². The van der Waals surface area contributed by atoms with Crippen LogP contribution < -0.4 is 0 Å². The topological polar surface area (TPSA) is 0 Å². The maximum atomic E-state index is 2.41. The fourth-order valence-corrected chi connectivity index (χ4v) is 5.26. The van der Waals surface area contributed by atoms with Crippen LogP contribution in [0.1, 0.15) is 44.5 Å². The number of benzene rings is 4. The summed E-state index contributed by atoms with van der Waals surface area (Å²) in [6.07, 6.45) is 0. The Hall–Kier alpha value is -3.12. The molecule has 0 spiro atoms. The van der Waals surface area contributed by atoms with Crippen molar-refractivity contribution in [1.82, 2.24) is 0 Å². The lowest BCUT2D eigenvalue weighted by molar-refractivity contribution is 0.752. The number of aryl methyl sites for hydroxylation is 4. The summed E-state index contributed by atoms with van der Waals surface area (Å²) < 4.78 is 0. The van der Waals surface area contributed by atoms with Crippen LogP contribution in [0.2, 0.25) is 0 Å². The Morgan fingerprint density at radius 3 is 1.28 bits per heavy atom. The highest BCUT2D eigenvalue weighted by atomic mass is 14.5. The molecule has 4 aromatic carbocycles. The van der Waals surface area contributed by atoms with Crippen molar-refractivity contribution in [2.45, 2.75) is 33.1 Å². The van der Waals surface area contributed by atoms with Crippen LogP contribution in [0.15, 0.2) is 84.9 Å². The molecule has 5 rings (SSSR count). The van der Waals surface area contributed by atoms with Gasteiger partial charge in [0.1, 0.15) is 0 Å². The lowest BCUT2D eigenvalue weighted by atomic mass is 9.65. The molecule has 0 amide bonds. The van der Waals surface area contributed by atoms with Crippen molar-refractivity contribution in [1.29, 1.82) is 0 Å². The first kappa shape index (κ1) is 17.9. The molecule has 0 saturated heterocycles. The molecule has 0 saturated carbocycles. The molecular weight excluding hydrogens is 348 g/mol. The molecule has 0 atom stereocenters. The second kappa shape index (κ2) is 6.46. The quantitative estimate of drug-likeness (QED) is 0.304. The van der Waals surface area contributed by atoms with E-state index in [2.05, 4.69) is 113 Å². The first-order chi connectivity index (χ1) is 14.0. The fourth-order valence-electron chi connectivity index (χ4n) is 5.26. The molecule has 0 N–H and O–H groups in total. The molecule has 0 radical (unpaired) electrons. The van der Waals surface area contributed by atoms with Crippen molar-refractivity contribution in [3.8, 4) is 11.1 Å². The van der Waals surface area contributed by atoms with Gasteiger partial charge in [-0.15, -0.1) is 0 Å². The van der Waals surface area contributed by atoms with E-state index in [1.165, 1.54) is 55.6 Å². The van der Waals surface area contributed by atoms with E-state index in [-0.39, 0.29) is 5.41 Å². The van der Waals surface area contributed by atoms with Crippen molar-refractivity contribution in [2.75, 3.05) is 0 Å². The minimum atomic E-state index is -0.292. The molecule has 4 aromatic rings. The van der Waals surface area contributed by atoms with Crippen LogP contribution in [0.5, 0.6) is 0 Å². The molecule has 29 heavy (non-hydrogen) atoms. The summed E-state index contributed by atoms with van der Waals surface area (Å²) in [6.45, 7) is 8.90. The van der Waals surface area contributed by atoms with E-state index in [0.717, 1.165) is 0 Å². The molecule has 1 aliphatic carbocycles. The van der Waals surface area contributed by atoms with Gasteiger partial charge >= 0.3 is 0 Å². The van der Waals surface area contributed by atoms with Gasteiger partial charge < -0.3 is 0 Å². The van der Waals surface area contributed by atoms with Crippen LogP contribution in [0.25, 0.3) is 11.1 Å². The highest BCUT2D eigenvalue weighted by molar-refractivity contribution is 5.87. The third kappa shape index (κ3) is 2.45. The molecule has 0 fully saturated rings. The highest BCUT2D eigenvalue weighted by Gasteiger charge is 2.47. The Morgan fingerprint density at radius 2 is 0.862 bits per heavy atom. The molecule has 1 aliphatic rings. The Bertz CT molecular complexity index is 1140. The second-order valence-corrected chi connectivity index (χ2v) is 8.48. The summed E-state index contributed by atoms with van der Waals surface area (Å²) >= 11 is 0. The van der Waals surface area contributed by atoms with Crippen LogP contribution in [0, 0.1) is 27.7 Å². The molecule has 0 heteroatoms. The first-order valence-electron chi connectivity index (χ1n) is 10.4. The fraction of sp³-hybridized carbons (Fsp3) is 0.172. The number of fused-ring (bicyclic) bond motifs is 3. The van der Waals surface area contributed by atoms with Crippen LogP contribution >= 0.6 is 0 Å². The van der Waals surface area contributed by atoms with Gasteiger partial charge in [0.05, 0.1) is 5.41 Å². The van der Waals surface area contributed by atoms with Gasteiger partial charge in [0.2, 0.25) is 0 Å². The Balaban J connectivity index is 2.05. The lowest BCUT2D eigenvalue weighted by Crippen LogP contribution is -2.30. The predicted octanol–water partition coefficient (Wildman–Crippen LogP) is 7.28. The Labute approximate surface area is 173 Å². The third-order valence-corrected chi connectivity index (χ3v) is 6.55. The van der Waals surface area contributed by atoms with Crippen LogP contribution in [0.3, 0.4) is 0 Å². The second-order valence-electron chi connectivity index (χ2n) is 8.48. The number of rotatable bonds is 2. The summed E-state index contributed by atoms with van der Waals surface area (Å²) in [5.74, 6) is 0. The number of hydrogen-bond acceptors (Lipinski definition) is 0. The van der Waals surface area contributed by atoms with Gasteiger partial charge in [-0.25, -0.2) is 0 Å². The zero-order valence-electron chi connectivity index (χ0n) is 17.6. The SMILES string of the molecule is Cc1ccc2c(c1)C(c1ccccc1C)(c1ccccc1C)c1cc(C)ccc1-2. The van der Waals surface area contributed by atoms with E-state index in [1.54, 1.807) is 0 Å². The van der Waals surface area contributed by atoms with Crippen molar-refractivity contribution in [2.24, 2.45) is 0 Å². The highest BCUT2D eigenvalue weighted by Crippen LogP contribution is 2.57. The van der Waals surface area contributed by atoms with Gasteiger partial charge in [0.15, 0.2) is 0 Å². The molecule has 0 bridgehead atoms. The maximum absolute atomic E-state index is 2.41. The van der Waals surface area contributed by atoms with Crippen molar-refractivity contribution in [3.05, 3.63) is 129 Å². The molecule has 0 aliphatic heterocycles. The van der Waals surface area contributed by atoms with Crippen LogP contribution in [-0.4, -0.2) is 0 Å². The monoisotopic (exact) mass is 374 g/mol. The van der Waals surface area contributed by atoms with Crippen molar-refractivity contribution < 1.29 is 0 Å². The standard InChI is InChI=1S/C29H26/c1-19-13-15-23-24-16-14-20(2)18-28(24)29(27(23)17-19,25-11-7-5-9-21(25)3)26-12-8-6-10-22(26)4/h5-18H,1-4H3. The van der Waals surface area contributed by atoms with E-state index < -0.39 is 0 Å². The van der Waals surface area contributed by atoms with Gasteiger partial charge in [0.25, 0.3) is 0 Å². The van der Waals surface area contributed by atoms with Crippen LogP contribution in [-0.2, 0) is 5.41 Å². The maximum Gasteiger partial charge on any atom is 0.0718 e. The van der Waals surface area contributed by atoms with E-state index in [4.69, 9.17) is 0 Å². The minimum Gasteiger partial charge on any atom is -0.0620 e. The minimum absolute atomic E-state index is 0.292. The summed E-state index contributed by atoms with van der Waals surface area (Å²) in [6, 6.07) is 31.7. The van der Waals surface area contributed by atoms with E-state index >= 15 is 0 Å². The number of hydrogen-bond donors (Lipinski definition) is 0. The van der Waals surface area contributed by atoms with E-state index in [9.17, 15) is 0 Å². The first-order valence-corrected chi connectivity index (χ1v) is 10.4. The lowest BCUT2D eigenvalue weighted by Gasteiger charge is -2.36. The summed E-state index contributed by atoms with van der Waals surface area (Å²) in [5.41, 5.74) is 13.3. The molecular formula is C29H26. The zero-order chi connectivity index (χ0) is 20.2. The summed E-state index contributed by atoms with van der Waals surface area (Å²) in [4.78, 5) is 0. The molecule has 0 aromatic heterocycles. The van der Waals surface area contributed by atoms with E-state index in [0.29, 0.717) is 0 Å². The van der Waals surface area contributed by atoms with Gasteiger partial charge in [-0.3, -0.25) is 0 Å². The normalized spacial score (nSPS) is 13.8. The molecule has 142 valence electrons. The Morgan fingerprint density at radius 1 is 0.448 bits per heavy atom. The summed E-state index contributed by atoms with van der Waals surface area (Å²) in [5, 5.41) is 0. The van der Waals surface area contributed by atoms with Gasteiger partial charge in [-0.1, -0.05) is 96.1 Å². The smallest absolute Gasteiger partial charge is 0.0620 e. The van der Waals surface area contributed by atoms with Gasteiger partial charge in [0, 0.05) is 0 Å². The third-order valence-electron chi connectivity index (χ3n) is 6.55. The van der Waals surface area contributed by atoms with Gasteiger partial charge in [-0.2, -0.15) is 0 Å². The summed E-state index contributed by atoms with van der Waals surface area (Å²) in [7, 11) is 0. The largest absolute Gasteiger partial charge is 0.0718 e. The van der Waals surface area contributed by atoms with Crippen molar-refractivity contribution >= 4 is 0 Å². The van der Waals surface area contributed by atoms with Crippen molar-refractivity contribution in [3.63, 3.8) is 0 Å². The molecule has 0 unspecified atom stereocenters. The average Bonchev–Trinajstić information content (AvgIpc) is 2.98. The predicted molar refractivity (Wildman–Crippen MR) is 123 cm³/mol. The van der Waals surface area contributed by atoms with E-state index in [1.807, 2.05) is 0 Å². The average molecular weight is 375 g/mol. The Kier molecular flexibility index (Phi) is 3.99. The van der Waals surface area contributed by atoms with Crippen LogP contribution in [0.4, 0.5) is 0 Å². The molecule has 0 nitrogen and oxygen atoms in total. The zero-order valence-corrected chi connectivity index (χ0v) is 17.6. The molecule has 0 heterocycles.